The fourth-order valence-electron chi connectivity index (χ4n) is 1.12. The van der Waals surface area contributed by atoms with Crippen molar-refractivity contribution < 1.29 is 19.8 Å². The van der Waals surface area contributed by atoms with Gasteiger partial charge < -0.3 is 10.2 Å². The Hall–Kier alpha value is -1.32. The lowest BCUT2D eigenvalue weighted by Crippen LogP contribution is -2.21. The van der Waals surface area contributed by atoms with Crippen LogP contribution in [0.3, 0.4) is 0 Å². The van der Waals surface area contributed by atoms with Crippen molar-refractivity contribution in [3.63, 3.8) is 0 Å². The minimum atomic E-state index is -1.42. The van der Waals surface area contributed by atoms with E-state index >= 15 is 0 Å². The molecule has 2 N–H and O–H groups in total. The molecule has 1 atom stereocenters. The Balaban J connectivity index is 4.29. The summed E-state index contributed by atoms with van der Waals surface area (Å²) in [6.45, 7) is 3.96. The van der Waals surface area contributed by atoms with Gasteiger partial charge in [-0.15, -0.1) is 0 Å². The topological polar surface area (TPSA) is 74.6 Å². The largest absolute Gasteiger partial charge is 0.480 e. The van der Waals surface area contributed by atoms with Crippen LogP contribution in [0.4, 0.5) is 0 Å². The van der Waals surface area contributed by atoms with E-state index in [0.717, 1.165) is 12.8 Å². The first kappa shape index (κ1) is 12.7. The molecule has 80 valence electrons. The zero-order valence-electron chi connectivity index (χ0n) is 8.43. The van der Waals surface area contributed by atoms with Crippen LogP contribution in [0.5, 0.6) is 0 Å². The molecule has 0 bridgehead atoms. The maximum atomic E-state index is 10.5. The van der Waals surface area contributed by atoms with E-state index in [0.29, 0.717) is 0 Å². The number of carboxylic acids is 2. The molecule has 0 aliphatic carbocycles. The summed E-state index contributed by atoms with van der Waals surface area (Å²) in [6.07, 6.45) is 4.82. The predicted octanol–water partition coefficient (Wildman–Crippen LogP) is 1.76. The lowest BCUT2D eigenvalue weighted by Gasteiger charge is -2.04. The van der Waals surface area contributed by atoms with E-state index in [9.17, 15) is 9.59 Å². The van der Waals surface area contributed by atoms with Gasteiger partial charge in [0, 0.05) is 0 Å². The third kappa shape index (κ3) is 4.64. The second-order valence-corrected chi connectivity index (χ2v) is 3.31. The lowest BCUT2D eigenvalue weighted by atomic mass is 10.0. The van der Waals surface area contributed by atoms with Gasteiger partial charge in [-0.1, -0.05) is 32.4 Å². The minimum absolute atomic E-state index is 0.223. The van der Waals surface area contributed by atoms with Gasteiger partial charge in [-0.2, -0.15) is 0 Å². The molecule has 4 nitrogen and oxygen atoms in total. The predicted molar refractivity (Wildman–Crippen MR) is 52.0 cm³/mol. The summed E-state index contributed by atoms with van der Waals surface area (Å²) in [5.41, 5.74) is 0. The van der Waals surface area contributed by atoms with Crippen molar-refractivity contribution in [1.29, 1.82) is 0 Å². The number of hydrogen-bond donors (Lipinski definition) is 2. The maximum absolute atomic E-state index is 10.5. The van der Waals surface area contributed by atoms with E-state index in [-0.39, 0.29) is 5.92 Å². The second kappa shape index (κ2) is 6.18. The molecule has 0 aliphatic heterocycles. The van der Waals surface area contributed by atoms with Gasteiger partial charge in [-0.25, -0.2) is 0 Å². The van der Waals surface area contributed by atoms with Crippen LogP contribution >= 0.6 is 0 Å². The molecule has 0 aromatic carbocycles. The van der Waals surface area contributed by atoms with Crippen molar-refractivity contribution in [2.45, 2.75) is 26.7 Å². The number of carboxylic acid groups (broad SMARTS) is 2. The van der Waals surface area contributed by atoms with Crippen LogP contribution in [0, 0.1) is 11.8 Å². The molecule has 1 unspecified atom stereocenters. The van der Waals surface area contributed by atoms with Crippen molar-refractivity contribution in [2.75, 3.05) is 0 Å². The van der Waals surface area contributed by atoms with E-state index in [4.69, 9.17) is 10.2 Å². The van der Waals surface area contributed by atoms with Gasteiger partial charge in [0.1, 0.15) is 0 Å². The summed E-state index contributed by atoms with van der Waals surface area (Å²) in [4.78, 5) is 21.0. The summed E-state index contributed by atoms with van der Waals surface area (Å²) in [6, 6.07) is 0. The van der Waals surface area contributed by atoms with Crippen LogP contribution in [0.1, 0.15) is 26.7 Å². The van der Waals surface area contributed by atoms with Crippen molar-refractivity contribution in [1.82, 2.24) is 0 Å². The molecular formula is C10H16O4. The van der Waals surface area contributed by atoms with Gasteiger partial charge in [0.05, 0.1) is 0 Å². The van der Waals surface area contributed by atoms with E-state index in [2.05, 4.69) is 0 Å². The fraction of sp³-hybridized carbons (Fsp3) is 0.600. The van der Waals surface area contributed by atoms with E-state index in [1.54, 1.807) is 6.08 Å². The van der Waals surface area contributed by atoms with Gasteiger partial charge in [-0.05, 0) is 12.3 Å². The molecule has 0 saturated carbocycles. The molecule has 14 heavy (non-hydrogen) atoms. The van der Waals surface area contributed by atoms with Crippen molar-refractivity contribution in [2.24, 2.45) is 11.8 Å². The van der Waals surface area contributed by atoms with E-state index in [1.165, 1.54) is 6.08 Å². The lowest BCUT2D eigenvalue weighted by molar-refractivity contribution is -0.151. The first-order chi connectivity index (χ1) is 6.49. The molecular weight excluding hydrogens is 184 g/mol. The Bertz CT molecular complexity index is 218. The molecule has 0 heterocycles. The Morgan fingerprint density at radius 1 is 1.21 bits per heavy atom. The van der Waals surface area contributed by atoms with Crippen LogP contribution in [0.25, 0.3) is 0 Å². The highest BCUT2D eigenvalue weighted by Crippen LogP contribution is 2.09. The Labute approximate surface area is 83.2 Å². The van der Waals surface area contributed by atoms with Gasteiger partial charge in [0.15, 0.2) is 5.92 Å². The normalized spacial score (nSPS) is 13.4. The standard InChI is InChI=1S/C10H16O4/c1-3-4-7(2)5-6-8(9(11)12)10(13)14/h5-8H,3-4H2,1-2H3,(H,11,12)(H,13,14). The molecule has 0 rings (SSSR count). The molecule has 0 aromatic rings. The zero-order chi connectivity index (χ0) is 11.1. The Kier molecular flexibility index (Phi) is 5.60. The number of aliphatic carboxylic acids is 2. The first-order valence-electron chi connectivity index (χ1n) is 4.63. The fourth-order valence-corrected chi connectivity index (χ4v) is 1.12. The molecule has 0 radical (unpaired) electrons. The van der Waals surface area contributed by atoms with Crippen molar-refractivity contribution >= 4 is 11.9 Å². The van der Waals surface area contributed by atoms with Crippen molar-refractivity contribution in [3.05, 3.63) is 12.2 Å². The van der Waals surface area contributed by atoms with Crippen LogP contribution in [0.2, 0.25) is 0 Å². The first-order valence-corrected chi connectivity index (χ1v) is 4.63. The summed E-state index contributed by atoms with van der Waals surface area (Å²) >= 11 is 0. The Morgan fingerprint density at radius 3 is 2.07 bits per heavy atom. The van der Waals surface area contributed by atoms with Gasteiger partial charge in [0.25, 0.3) is 0 Å². The third-order valence-corrected chi connectivity index (χ3v) is 1.91. The molecule has 0 amide bonds. The number of hydrogen-bond acceptors (Lipinski definition) is 2. The Morgan fingerprint density at radius 2 is 1.71 bits per heavy atom. The second-order valence-electron chi connectivity index (χ2n) is 3.31. The highest BCUT2D eigenvalue weighted by atomic mass is 16.4. The van der Waals surface area contributed by atoms with Crippen molar-refractivity contribution in [3.8, 4) is 0 Å². The average Bonchev–Trinajstić information content (AvgIpc) is 2.03. The SMILES string of the molecule is CCCC(C)C=CC(C(=O)O)C(=O)O. The average molecular weight is 200 g/mol. The summed E-state index contributed by atoms with van der Waals surface area (Å²) in [7, 11) is 0. The number of allylic oxidation sites excluding steroid dienone is 1. The highest BCUT2D eigenvalue weighted by Gasteiger charge is 2.22. The van der Waals surface area contributed by atoms with Crippen LogP contribution in [0.15, 0.2) is 12.2 Å². The van der Waals surface area contributed by atoms with E-state index in [1.807, 2.05) is 13.8 Å². The molecule has 0 aromatic heterocycles. The molecule has 0 saturated heterocycles. The number of rotatable bonds is 6. The summed E-state index contributed by atoms with van der Waals surface area (Å²) in [5.74, 6) is -3.84. The quantitative estimate of drug-likeness (QED) is 0.506. The summed E-state index contributed by atoms with van der Waals surface area (Å²) in [5, 5.41) is 17.1. The van der Waals surface area contributed by atoms with Gasteiger partial charge in [-0.3, -0.25) is 9.59 Å². The molecule has 4 heteroatoms. The zero-order valence-corrected chi connectivity index (χ0v) is 8.43. The minimum Gasteiger partial charge on any atom is -0.480 e. The smallest absolute Gasteiger partial charge is 0.321 e. The van der Waals surface area contributed by atoms with Gasteiger partial charge in [0.2, 0.25) is 0 Å². The van der Waals surface area contributed by atoms with Crippen LogP contribution in [-0.2, 0) is 9.59 Å². The molecule has 0 spiro atoms. The van der Waals surface area contributed by atoms with Gasteiger partial charge >= 0.3 is 11.9 Å². The van der Waals surface area contributed by atoms with Crippen LogP contribution in [-0.4, -0.2) is 22.2 Å². The molecule has 0 fully saturated rings. The van der Waals surface area contributed by atoms with Crippen LogP contribution < -0.4 is 0 Å². The third-order valence-electron chi connectivity index (χ3n) is 1.91. The maximum Gasteiger partial charge on any atom is 0.321 e. The monoisotopic (exact) mass is 200 g/mol. The summed E-state index contributed by atoms with van der Waals surface area (Å²) < 4.78 is 0. The van der Waals surface area contributed by atoms with E-state index < -0.39 is 17.9 Å². The highest BCUT2D eigenvalue weighted by molar-refractivity contribution is 5.94. The molecule has 0 aliphatic rings. The number of carbonyl (C=O) groups is 2.